The van der Waals surface area contributed by atoms with Gasteiger partial charge in [-0.1, -0.05) is 0 Å². The van der Waals surface area contributed by atoms with Crippen molar-refractivity contribution in [2.75, 3.05) is 13.6 Å². The molecule has 1 atom stereocenters. The standard InChI is InChI=1S/C9H18N2O2/c1-8(13)11-6-4-3-5-9(7-12)10-2/h7,9-10H,3-6H2,1-2H3,(H,11,13). The molecular formula is C9H18N2O2. The maximum Gasteiger partial charge on any atom is 0.216 e. The van der Waals surface area contributed by atoms with Crippen LogP contribution < -0.4 is 10.6 Å². The number of hydrogen-bond donors (Lipinski definition) is 2. The fourth-order valence-electron chi connectivity index (χ4n) is 1.03. The molecule has 4 nitrogen and oxygen atoms in total. The molecule has 2 N–H and O–H groups in total. The normalized spacial score (nSPS) is 12.2. The zero-order valence-electron chi connectivity index (χ0n) is 8.30. The summed E-state index contributed by atoms with van der Waals surface area (Å²) in [7, 11) is 1.77. The average molecular weight is 186 g/mol. The largest absolute Gasteiger partial charge is 0.356 e. The second-order valence-corrected chi connectivity index (χ2v) is 3.01. The Morgan fingerprint density at radius 2 is 2.15 bits per heavy atom. The van der Waals surface area contributed by atoms with Crippen LogP contribution in [0.1, 0.15) is 26.2 Å². The van der Waals surface area contributed by atoms with Crippen LogP contribution in [0.25, 0.3) is 0 Å². The summed E-state index contributed by atoms with van der Waals surface area (Å²) < 4.78 is 0. The predicted molar refractivity (Wildman–Crippen MR) is 51.4 cm³/mol. The van der Waals surface area contributed by atoms with Crippen molar-refractivity contribution in [3.05, 3.63) is 0 Å². The van der Waals surface area contributed by atoms with Crippen molar-refractivity contribution < 1.29 is 9.59 Å². The molecule has 0 aromatic rings. The molecule has 0 aromatic heterocycles. The van der Waals surface area contributed by atoms with E-state index in [-0.39, 0.29) is 11.9 Å². The molecule has 0 spiro atoms. The Bertz CT molecular complexity index is 160. The molecule has 0 rings (SSSR count). The lowest BCUT2D eigenvalue weighted by molar-refractivity contribution is -0.119. The molecule has 0 aromatic carbocycles. The Morgan fingerprint density at radius 1 is 1.46 bits per heavy atom. The molecule has 0 heterocycles. The lowest BCUT2D eigenvalue weighted by Crippen LogP contribution is -2.27. The van der Waals surface area contributed by atoms with E-state index in [1.54, 1.807) is 7.05 Å². The third-order valence-electron chi connectivity index (χ3n) is 1.85. The molecule has 0 aliphatic carbocycles. The van der Waals surface area contributed by atoms with Gasteiger partial charge in [0, 0.05) is 13.5 Å². The molecule has 0 aliphatic heterocycles. The van der Waals surface area contributed by atoms with Crippen molar-refractivity contribution in [2.24, 2.45) is 0 Å². The minimum atomic E-state index is -0.0441. The van der Waals surface area contributed by atoms with Crippen LogP contribution in [0.3, 0.4) is 0 Å². The Morgan fingerprint density at radius 3 is 2.62 bits per heavy atom. The topological polar surface area (TPSA) is 58.2 Å². The maximum absolute atomic E-state index is 10.5. The van der Waals surface area contributed by atoms with E-state index in [9.17, 15) is 9.59 Å². The summed E-state index contributed by atoms with van der Waals surface area (Å²) in [6.07, 6.45) is 3.62. The van der Waals surface area contributed by atoms with E-state index in [1.165, 1.54) is 6.92 Å². The van der Waals surface area contributed by atoms with Gasteiger partial charge in [-0.05, 0) is 26.3 Å². The summed E-state index contributed by atoms with van der Waals surface area (Å²) in [6.45, 7) is 2.20. The van der Waals surface area contributed by atoms with Gasteiger partial charge in [0.05, 0.1) is 6.04 Å². The molecule has 13 heavy (non-hydrogen) atoms. The van der Waals surface area contributed by atoms with Crippen LogP contribution in [0.5, 0.6) is 0 Å². The van der Waals surface area contributed by atoms with Crippen molar-refractivity contribution in [1.82, 2.24) is 10.6 Å². The fraction of sp³-hybridized carbons (Fsp3) is 0.778. The molecule has 0 aliphatic rings. The molecule has 0 fully saturated rings. The summed E-state index contributed by atoms with van der Waals surface area (Å²) >= 11 is 0. The summed E-state index contributed by atoms with van der Waals surface area (Å²) in [5, 5.41) is 5.60. The molecule has 0 saturated carbocycles. The van der Waals surface area contributed by atoms with Gasteiger partial charge in [-0.15, -0.1) is 0 Å². The summed E-state index contributed by atoms with van der Waals surface area (Å²) in [6, 6.07) is -0.0441. The van der Waals surface area contributed by atoms with Gasteiger partial charge in [0.25, 0.3) is 0 Å². The third-order valence-corrected chi connectivity index (χ3v) is 1.85. The van der Waals surface area contributed by atoms with Crippen LogP contribution in [0.2, 0.25) is 0 Å². The van der Waals surface area contributed by atoms with Crippen molar-refractivity contribution >= 4 is 12.2 Å². The first-order valence-electron chi connectivity index (χ1n) is 4.57. The Labute approximate surface area is 79.1 Å². The van der Waals surface area contributed by atoms with Crippen molar-refractivity contribution in [1.29, 1.82) is 0 Å². The molecule has 1 amide bonds. The lowest BCUT2D eigenvalue weighted by Gasteiger charge is -2.07. The highest BCUT2D eigenvalue weighted by Crippen LogP contribution is 1.97. The van der Waals surface area contributed by atoms with Gasteiger partial charge < -0.3 is 15.4 Å². The molecule has 76 valence electrons. The zero-order chi connectivity index (χ0) is 10.1. The van der Waals surface area contributed by atoms with Gasteiger partial charge >= 0.3 is 0 Å². The van der Waals surface area contributed by atoms with E-state index in [4.69, 9.17) is 0 Å². The van der Waals surface area contributed by atoms with E-state index >= 15 is 0 Å². The van der Waals surface area contributed by atoms with Crippen LogP contribution in [-0.4, -0.2) is 31.8 Å². The highest BCUT2D eigenvalue weighted by atomic mass is 16.1. The quantitative estimate of drug-likeness (QED) is 0.437. The molecular weight excluding hydrogens is 168 g/mol. The minimum absolute atomic E-state index is 0.000513. The average Bonchev–Trinajstić information content (AvgIpc) is 2.11. The summed E-state index contributed by atoms with van der Waals surface area (Å²) in [4.78, 5) is 20.8. The van der Waals surface area contributed by atoms with Gasteiger partial charge in [0.15, 0.2) is 0 Å². The third kappa shape index (κ3) is 7.46. The molecule has 0 radical (unpaired) electrons. The monoisotopic (exact) mass is 186 g/mol. The number of nitrogens with one attached hydrogen (secondary N) is 2. The van der Waals surface area contributed by atoms with Gasteiger partial charge in [0.1, 0.15) is 6.29 Å². The number of rotatable bonds is 7. The van der Waals surface area contributed by atoms with Crippen molar-refractivity contribution in [3.63, 3.8) is 0 Å². The Kier molecular flexibility index (Phi) is 7.20. The number of amides is 1. The second kappa shape index (κ2) is 7.73. The molecule has 1 unspecified atom stereocenters. The van der Waals surface area contributed by atoms with E-state index in [0.717, 1.165) is 25.5 Å². The van der Waals surface area contributed by atoms with Gasteiger partial charge in [-0.2, -0.15) is 0 Å². The molecule has 0 bridgehead atoms. The van der Waals surface area contributed by atoms with Crippen LogP contribution in [-0.2, 0) is 9.59 Å². The molecule has 0 saturated heterocycles. The van der Waals surface area contributed by atoms with Crippen LogP contribution in [0.15, 0.2) is 0 Å². The van der Waals surface area contributed by atoms with E-state index < -0.39 is 0 Å². The lowest BCUT2D eigenvalue weighted by atomic mass is 10.1. The highest BCUT2D eigenvalue weighted by molar-refractivity contribution is 5.72. The zero-order valence-corrected chi connectivity index (χ0v) is 8.30. The number of carbonyl (C=O) groups excluding carboxylic acids is 2. The maximum atomic E-state index is 10.5. The summed E-state index contributed by atoms with van der Waals surface area (Å²) in [5.41, 5.74) is 0. The van der Waals surface area contributed by atoms with Gasteiger partial charge in [-0.3, -0.25) is 4.79 Å². The first-order valence-corrected chi connectivity index (χ1v) is 4.57. The Hall–Kier alpha value is -0.900. The molecule has 4 heteroatoms. The van der Waals surface area contributed by atoms with Crippen molar-refractivity contribution in [2.45, 2.75) is 32.2 Å². The summed E-state index contributed by atoms with van der Waals surface area (Å²) in [5.74, 6) is 0.000513. The predicted octanol–water partition coefficient (Wildman–Crippen LogP) is 0.0797. The fourth-order valence-corrected chi connectivity index (χ4v) is 1.03. The minimum Gasteiger partial charge on any atom is -0.356 e. The van der Waals surface area contributed by atoms with Crippen LogP contribution in [0.4, 0.5) is 0 Å². The number of carbonyl (C=O) groups is 2. The first-order chi connectivity index (χ1) is 6.20. The van der Waals surface area contributed by atoms with Crippen LogP contribution >= 0.6 is 0 Å². The van der Waals surface area contributed by atoms with Gasteiger partial charge in [0.2, 0.25) is 5.91 Å². The highest BCUT2D eigenvalue weighted by Gasteiger charge is 2.02. The van der Waals surface area contributed by atoms with Crippen LogP contribution in [0, 0.1) is 0 Å². The smallest absolute Gasteiger partial charge is 0.216 e. The SMILES string of the molecule is CNC(C=O)CCCCNC(C)=O. The van der Waals surface area contributed by atoms with Gasteiger partial charge in [-0.25, -0.2) is 0 Å². The van der Waals surface area contributed by atoms with E-state index in [2.05, 4.69) is 10.6 Å². The number of likely N-dealkylation sites (N-methyl/N-ethyl adjacent to an activating group) is 1. The van der Waals surface area contributed by atoms with E-state index in [0.29, 0.717) is 6.54 Å². The number of hydrogen-bond acceptors (Lipinski definition) is 3. The Balaban J connectivity index is 3.24. The second-order valence-electron chi connectivity index (χ2n) is 3.01. The number of aldehydes is 1. The first kappa shape index (κ1) is 12.1. The van der Waals surface area contributed by atoms with E-state index in [1.807, 2.05) is 0 Å². The van der Waals surface area contributed by atoms with Crippen molar-refractivity contribution in [3.8, 4) is 0 Å². The number of unbranched alkanes of at least 4 members (excludes halogenated alkanes) is 1.